The highest BCUT2D eigenvalue weighted by molar-refractivity contribution is 7.09. The van der Waals surface area contributed by atoms with E-state index in [1.165, 1.54) is 11.3 Å². The Morgan fingerprint density at radius 3 is 3.00 bits per heavy atom. The van der Waals surface area contributed by atoms with Gasteiger partial charge in [-0.3, -0.25) is 0 Å². The van der Waals surface area contributed by atoms with Gasteiger partial charge < -0.3 is 10.8 Å². The van der Waals surface area contributed by atoms with E-state index in [1.54, 1.807) is 0 Å². The Labute approximate surface area is 69.9 Å². The predicted octanol–water partition coefficient (Wildman–Crippen LogP) is 0.527. The van der Waals surface area contributed by atoms with Gasteiger partial charge in [-0.1, -0.05) is 0 Å². The zero-order valence-electron chi connectivity index (χ0n) is 6.29. The van der Waals surface area contributed by atoms with E-state index in [9.17, 15) is 0 Å². The maximum atomic E-state index is 8.70. The zero-order chi connectivity index (χ0) is 8.10. The largest absolute Gasteiger partial charge is 0.389 e. The highest BCUT2D eigenvalue weighted by Gasteiger charge is 1.98. The van der Waals surface area contributed by atoms with Gasteiger partial charge in [-0.25, -0.2) is 4.98 Å². The Bertz CT molecular complexity index is 212. The molecule has 0 atom stereocenters. The summed E-state index contributed by atoms with van der Waals surface area (Å²) in [7, 11) is 0. The van der Waals surface area contributed by atoms with Crippen LogP contribution in [-0.4, -0.2) is 16.6 Å². The maximum Gasteiger partial charge on any atom is 0.118 e. The second kappa shape index (κ2) is 4.43. The summed E-state index contributed by atoms with van der Waals surface area (Å²) in [4.78, 5) is 4.18. The van der Waals surface area contributed by atoms with Crippen LogP contribution in [0.1, 0.15) is 17.1 Å². The van der Waals surface area contributed by atoms with E-state index in [-0.39, 0.29) is 6.61 Å². The molecule has 0 aliphatic heterocycles. The molecule has 0 amide bonds. The fraction of sp³-hybridized carbons (Fsp3) is 0.571. The van der Waals surface area contributed by atoms with Crippen LogP contribution in [0.5, 0.6) is 0 Å². The summed E-state index contributed by atoms with van der Waals surface area (Å²) in [6, 6.07) is 0. The number of nitrogens with two attached hydrogens (primary N) is 1. The van der Waals surface area contributed by atoms with E-state index in [0.29, 0.717) is 6.54 Å². The van der Waals surface area contributed by atoms with Crippen LogP contribution in [0.25, 0.3) is 0 Å². The van der Waals surface area contributed by atoms with Gasteiger partial charge in [0.1, 0.15) is 5.01 Å². The molecule has 0 aliphatic rings. The molecule has 0 saturated carbocycles. The van der Waals surface area contributed by atoms with Gasteiger partial charge in [-0.15, -0.1) is 11.3 Å². The smallest absolute Gasteiger partial charge is 0.118 e. The van der Waals surface area contributed by atoms with Crippen molar-refractivity contribution in [2.45, 2.75) is 19.4 Å². The number of hydrogen-bond acceptors (Lipinski definition) is 4. The van der Waals surface area contributed by atoms with Crippen molar-refractivity contribution in [1.29, 1.82) is 0 Å². The van der Waals surface area contributed by atoms with Crippen molar-refractivity contribution >= 4 is 11.3 Å². The Kier molecular flexibility index (Phi) is 3.48. The lowest BCUT2D eigenvalue weighted by Crippen LogP contribution is -2.00. The Morgan fingerprint density at radius 2 is 2.45 bits per heavy atom. The first kappa shape index (κ1) is 8.64. The second-order valence-electron chi connectivity index (χ2n) is 2.28. The second-order valence-corrected chi connectivity index (χ2v) is 3.23. The molecule has 11 heavy (non-hydrogen) atoms. The normalized spacial score (nSPS) is 10.4. The SMILES string of the molecule is NCCCc1csc(CO)n1. The third-order valence-corrected chi connectivity index (χ3v) is 2.25. The van der Waals surface area contributed by atoms with Crippen LogP contribution in [0.3, 0.4) is 0 Å². The molecule has 1 heterocycles. The summed E-state index contributed by atoms with van der Waals surface area (Å²) in [6.45, 7) is 0.749. The first-order chi connectivity index (χ1) is 5.36. The number of rotatable bonds is 4. The molecule has 0 unspecified atom stereocenters. The van der Waals surface area contributed by atoms with E-state index < -0.39 is 0 Å². The van der Waals surface area contributed by atoms with Gasteiger partial charge in [0.15, 0.2) is 0 Å². The fourth-order valence-corrected chi connectivity index (χ4v) is 1.51. The fourth-order valence-electron chi connectivity index (χ4n) is 0.820. The molecular formula is C7H12N2OS. The van der Waals surface area contributed by atoms with Crippen LogP contribution < -0.4 is 5.73 Å². The molecule has 0 saturated heterocycles. The number of aliphatic hydroxyl groups excluding tert-OH is 1. The highest BCUT2D eigenvalue weighted by atomic mass is 32.1. The summed E-state index contributed by atoms with van der Waals surface area (Å²) in [5.74, 6) is 0. The molecule has 1 aromatic heterocycles. The summed E-state index contributed by atoms with van der Waals surface area (Å²) in [5, 5.41) is 11.5. The molecule has 0 fully saturated rings. The van der Waals surface area contributed by atoms with Crippen LogP contribution in [0, 0.1) is 0 Å². The molecule has 1 rings (SSSR count). The van der Waals surface area contributed by atoms with Crippen LogP contribution in [0.2, 0.25) is 0 Å². The van der Waals surface area contributed by atoms with Crippen molar-refractivity contribution in [2.24, 2.45) is 5.73 Å². The highest BCUT2D eigenvalue weighted by Crippen LogP contribution is 2.10. The van der Waals surface area contributed by atoms with E-state index in [1.807, 2.05) is 5.38 Å². The summed E-state index contributed by atoms with van der Waals surface area (Å²) in [6.07, 6.45) is 1.89. The quantitative estimate of drug-likeness (QED) is 0.696. The molecule has 0 bridgehead atoms. The van der Waals surface area contributed by atoms with E-state index in [0.717, 1.165) is 23.5 Å². The minimum absolute atomic E-state index is 0.0489. The maximum absolute atomic E-state index is 8.70. The third-order valence-electron chi connectivity index (χ3n) is 1.37. The van der Waals surface area contributed by atoms with Crippen molar-refractivity contribution < 1.29 is 5.11 Å². The summed E-state index contributed by atoms with van der Waals surface area (Å²) in [5.41, 5.74) is 6.39. The monoisotopic (exact) mass is 172 g/mol. The molecule has 3 N–H and O–H groups in total. The van der Waals surface area contributed by atoms with Crippen LogP contribution in [0.4, 0.5) is 0 Å². The van der Waals surface area contributed by atoms with E-state index >= 15 is 0 Å². The molecule has 3 nitrogen and oxygen atoms in total. The molecular weight excluding hydrogens is 160 g/mol. The van der Waals surface area contributed by atoms with Crippen molar-refractivity contribution in [3.8, 4) is 0 Å². The van der Waals surface area contributed by atoms with Crippen molar-refractivity contribution in [3.63, 3.8) is 0 Å². The van der Waals surface area contributed by atoms with Gasteiger partial charge in [0.2, 0.25) is 0 Å². The zero-order valence-corrected chi connectivity index (χ0v) is 7.10. The van der Waals surface area contributed by atoms with Crippen LogP contribution in [-0.2, 0) is 13.0 Å². The van der Waals surface area contributed by atoms with Gasteiger partial charge in [-0.05, 0) is 19.4 Å². The molecule has 4 heteroatoms. The minimum Gasteiger partial charge on any atom is -0.389 e. The average Bonchev–Trinajstić information content (AvgIpc) is 2.48. The standard InChI is InChI=1S/C7H12N2OS/c8-3-1-2-6-5-11-7(4-10)9-6/h5,10H,1-4,8H2. The van der Waals surface area contributed by atoms with Crippen molar-refractivity contribution in [1.82, 2.24) is 4.98 Å². The lowest BCUT2D eigenvalue weighted by atomic mass is 10.2. The number of aromatic nitrogens is 1. The first-order valence-electron chi connectivity index (χ1n) is 3.61. The predicted molar refractivity (Wildman–Crippen MR) is 45.4 cm³/mol. The molecule has 0 radical (unpaired) electrons. The molecule has 0 aromatic carbocycles. The Morgan fingerprint density at radius 1 is 1.64 bits per heavy atom. The lowest BCUT2D eigenvalue weighted by Gasteiger charge is -1.91. The van der Waals surface area contributed by atoms with Crippen molar-refractivity contribution in [3.05, 3.63) is 16.1 Å². The van der Waals surface area contributed by atoms with E-state index in [2.05, 4.69) is 4.98 Å². The van der Waals surface area contributed by atoms with Crippen LogP contribution >= 0.6 is 11.3 Å². The Hall–Kier alpha value is -0.450. The number of hydrogen-bond donors (Lipinski definition) is 2. The topological polar surface area (TPSA) is 59.1 Å². The minimum atomic E-state index is 0.0489. The molecule has 0 spiro atoms. The summed E-state index contributed by atoms with van der Waals surface area (Å²) >= 11 is 1.50. The average molecular weight is 172 g/mol. The van der Waals surface area contributed by atoms with Gasteiger partial charge in [0.05, 0.1) is 12.3 Å². The van der Waals surface area contributed by atoms with Crippen LogP contribution in [0.15, 0.2) is 5.38 Å². The van der Waals surface area contributed by atoms with E-state index in [4.69, 9.17) is 10.8 Å². The third kappa shape index (κ3) is 2.57. The van der Waals surface area contributed by atoms with Gasteiger partial charge >= 0.3 is 0 Å². The number of nitrogens with zero attached hydrogens (tertiary/aromatic N) is 1. The van der Waals surface area contributed by atoms with Gasteiger partial charge in [0.25, 0.3) is 0 Å². The molecule has 0 aliphatic carbocycles. The molecule has 62 valence electrons. The molecule has 1 aromatic rings. The van der Waals surface area contributed by atoms with Gasteiger partial charge in [-0.2, -0.15) is 0 Å². The van der Waals surface area contributed by atoms with Gasteiger partial charge in [0, 0.05) is 5.38 Å². The van der Waals surface area contributed by atoms with Crippen molar-refractivity contribution in [2.75, 3.05) is 6.54 Å². The Balaban J connectivity index is 2.44. The number of aryl methyl sites for hydroxylation is 1. The number of aliphatic hydroxyl groups is 1. The first-order valence-corrected chi connectivity index (χ1v) is 4.49. The lowest BCUT2D eigenvalue weighted by molar-refractivity contribution is 0.281. The summed E-state index contributed by atoms with van der Waals surface area (Å²) < 4.78 is 0. The number of thiazole rings is 1.